The topological polar surface area (TPSA) is 53.6 Å². The molecular formula is C13H27N3O2. The molecule has 2 atom stereocenters. The van der Waals surface area contributed by atoms with E-state index < -0.39 is 0 Å². The van der Waals surface area contributed by atoms with Crippen molar-refractivity contribution in [2.45, 2.75) is 25.8 Å². The van der Waals surface area contributed by atoms with Crippen molar-refractivity contribution < 1.29 is 9.53 Å². The van der Waals surface area contributed by atoms with Crippen molar-refractivity contribution in [1.82, 2.24) is 15.5 Å². The van der Waals surface area contributed by atoms with Crippen molar-refractivity contribution in [3.05, 3.63) is 0 Å². The second-order valence-corrected chi connectivity index (χ2v) is 5.15. The summed E-state index contributed by atoms with van der Waals surface area (Å²) in [5, 5.41) is 6.38. The Morgan fingerprint density at radius 1 is 1.33 bits per heavy atom. The van der Waals surface area contributed by atoms with Crippen molar-refractivity contribution in [2.24, 2.45) is 5.92 Å². The molecule has 5 nitrogen and oxygen atoms in total. The van der Waals surface area contributed by atoms with Gasteiger partial charge in [0.05, 0.1) is 19.1 Å². The van der Waals surface area contributed by atoms with Gasteiger partial charge in [-0.25, -0.2) is 0 Å². The van der Waals surface area contributed by atoms with Crippen LogP contribution >= 0.6 is 0 Å². The number of carbonyl (C=O) groups is 1. The van der Waals surface area contributed by atoms with Gasteiger partial charge in [-0.05, 0) is 40.0 Å². The van der Waals surface area contributed by atoms with Crippen LogP contribution in [-0.4, -0.2) is 63.8 Å². The second-order valence-electron chi connectivity index (χ2n) is 5.15. The Morgan fingerprint density at radius 3 is 2.78 bits per heavy atom. The molecule has 2 N–H and O–H groups in total. The summed E-state index contributed by atoms with van der Waals surface area (Å²) in [6, 6.07) is 0.179. The van der Waals surface area contributed by atoms with Crippen LogP contribution in [0.15, 0.2) is 0 Å². The molecule has 0 aromatic heterocycles. The molecule has 0 aromatic carbocycles. The molecule has 5 heteroatoms. The van der Waals surface area contributed by atoms with Crippen LogP contribution in [0, 0.1) is 5.92 Å². The van der Waals surface area contributed by atoms with Crippen LogP contribution in [0.5, 0.6) is 0 Å². The van der Waals surface area contributed by atoms with Crippen molar-refractivity contribution in [3.63, 3.8) is 0 Å². The molecular weight excluding hydrogens is 230 g/mol. The van der Waals surface area contributed by atoms with E-state index in [1.807, 2.05) is 14.1 Å². The third kappa shape index (κ3) is 5.33. The van der Waals surface area contributed by atoms with Gasteiger partial charge in [-0.1, -0.05) is 6.92 Å². The highest BCUT2D eigenvalue weighted by atomic mass is 16.5. The van der Waals surface area contributed by atoms with Crippen LogP contribution in [0.2, 0.25) is 0 Å². The number of nitrogens with one attached hydrogen (secondary N) is 2. The fourth-order valence-electron chi connectivity index (χ4n) is 2.08. The summed E-state index contributed by atoms with van der Waals surface area (Å²) in [5.41, 5.74) is 0. The molecule has 0 aromatic rings. The maximum Gasteiger partial charge on any atom is 0.227 e. The summed E-state index contributed by atoms with van der Waals surface area (Å²) >= 11 is 0. The lowest BCUT2D eigenvalue weighted by atomic mass is 10.0. The predicted molar refractivity (Wildman–Crippen MR) is 72.6 cm³/mol. The average Bonchev–Trinajstić information content (AvgIpc) is 2.79. The standard InChI is InChI=1S/C13H27N3O2/c1-4-6-14-12-10-18-9-11(12)13(17)15-7-5-8-16(2)3/h11-12,14H,4-10H2,1-3H3,(H,15,17). The van der Waals surface area contributed by atoms with E-state index in [1.165, 1.54) is 0 Å². The predicted octanol–water partition coefficient (Wildman–Crippen LogP) is 0.0689. The summed E-state index contributed by atoms with van der Waals surface area (Å²) in [6.07, 6.45) is 2.06. The van der Waals surface area contributed by atoms with Crippen molar-refractivity contribution in [1.29, 1.82) is 0 Å². The summed E-state index contributed by atoms with van der Waals surface area (Å²) < 4.78 is 5.40. The minimum atomic E-state index is -0.0316. The highest BCUT2D eigenvalue weighted by molar-refractivity contribution is 5.79. The molecule has 0 radical (unpaired) electrons. The average molecular weight is 257 g/mol. The third-order valence-electron chi connectivity index (χ3n) is 3.16. The fraction of sp³-hybridized carbons (Fsp3) is 0.923. The molecule has 1 fully saturated rings. The third-order valence-corrected chi connectivity index (χ3v) is 3.16. The van der Waals surface area contributed by atoms with Crippen molar-refractivity contribution in [2.75, 3.05) is 46.9 Å². The van der Waals surface area contributed by atoms with Gasteiger partial charge in [0.1, 0.15) is 0 Å². The van der Waals surface area contributed by atoms with E-state index in [-0.39, 0.29) is 17.9 Å². The van der Waals surface area contributed by atoms with E-state index in [2.05, 4.69) is 22.5 Å². The Hall–Kier alpha value is -0.650. The smallest absolute Gasteiger partial charge is 0.227 e. The molecule has 1 heterocycles. The largest absolute Gasteiger partial charge is 0.379 e. The van der Waals surface area contributed by atoms with E-state index in [4.69, 9.17) is 4.74 Å². The number of nitrogens with zero attached hydrogens (tertiary/aromatic N) is 1. The minimum Gasteiger partial charge on any atom is -0.379 e. The zero-order valence-electron chi connectivity index (χ0n) is 11.9. The molecule has 0 aliphatic carbocycles. The molecule has 1 aliphatic rings. The second kappa shape index (κ2) is 8.45. The van der Waals surface area contributed by atoms with Crippen LogP contribution in [0.1, 0.15) is 19.8 Å². The van der Waals surface area contributed by atoms with Crippen LogP contribution in [0.25, 0.3) is 0 Å². The summed E-state index contributed by atoms with van der Waals surface area (Å²) in [6.45, 7) is 6.00. The molecule has 0 spiro atoms. The first-order valence-corrected chi connectivity index (χ1v) is 6.88. The van der Waals surface area contributed by atoms with E-state index in [1.54, 1.807) is 0 Å². The zero-order valence-corrected chi connectivity index (χ0v) is 11.9. The fourth-order valence-corrected chi connectivity index (χ4v) is 2.08. The molecule has 1 amide bonds. The number of ether oxygens (including phenoxy) is 1. The first-order chi connectivity index (χ1) is 8.65. The van der Waals surface area contributed by atoms with Gasteiger partial charge in [0, 0.05) is 12.6 Å². The summed E-state index contributed by atoms with van der Waals surface area (Å²) in [7, 11) is 4.08. The van der Waals surface area contributed by atoms with E-state index in [0.29, 0.717) is 13.2 Å². The van der Waals surface area contributed by atoms with Crippen molar-refractivity contribution in [3.8, 4) is 0 Å². The molecule has 1 saturated heterocycles. The van der Waals surface area contributed by atoms with Crippen LogP contribution in [0.3, 0.4) is 0 Å². The lowest BCUT2D eigenvalue weighted by Crippen LogP contribution is -2.44. The maximum absolute atomic E-state index is 12.0. The Balaban J connectivity index is 2.22. The lowest BCUT2D eigenvalue weighted by Gasteiger charge is -2.18. The molecule has 0 saturated carbocycles. The number of carbonyl (C=O) groups excluding carboxylic acids is 1. The van der Waals surface area contributed by atoms with Crippen LogP contribution in [-0.2, 0) is 9.53 Å². The molecule has 18 heavy (non-hydrogen) atoms. The van der Waals surface area contributed by atoms with Gasteiger partial charge >= 0.3 is 0 Å². The van der Waals surface area contributed by atoms with Gasteiger partial charge in [-0.15, -0.1) is 0 Å². The number of rotatable bonds is 8. The van der Waals surface area contributed by atoms with Gasteiger partial charge < -0.3 is 20.3 Å². The molecule has 0 bridgehead atoms. The van der Waals surface area contributed by atoms with Gasteiger partial charge in [-0.3, -0.25) is 4.79 Å². The van der Waals surface area contributed by atoms with Gasteiger partial charge in [-0.2, -0.15) is 0 Å². The van der Waals surface area contributed by atoms with Gasteiger partial charge in [0.25, 0.3) is 0 Å². The number of amides is 1. The van der Waals surface area contributed by atoms with Crippen LogP contribution in [0.4, 0.5) is 0 Å². The SMILES string of the molecule is CCCNC1COCC1C(=O)NCCCN(C)C. The Morgan fingerprint density at radius 2 is 2.11 bits per heavy atom. The number of hydrogen-bond acceptors (Lipinski definition) is 4. The summed E-state index contributed by atoms with van der Waals surface area (Å²) in [5.74, 6) is 0.0933. The zero-order chi connectivity index (χ0) is 13.4. The minimum absolute atomic E-state index is 0.0316. The first kappa shape index (κ1) is 15.4. The number of hydrogen-bond donors (Lipinski definition) is 2. The van der Waals surface area contributed by atoms with Crippen LogP contribution < -0.4 is 10.6 Å². The Kier molecular flexibility index (Phi) is 7.23. The Labute approximate surface area is 110 Å². The van der Waals surface area contributed by atoms with Gasteiger partial charge in [0.15, 0.2) is 0 Å². The molecule has 106 valence electrons. The maximum atomic E-state index is 12.0. The van der Waals surface area contributed by atoms with Gasteiger partial charge in [0.2, 0.25) is 5.91 Å². The van der Waals surface area contributed by atoms with E-state index in [0.717, 1.165) is 32.5 Å². The quantitative estimate of drug-likeness (QED) is 0.604. The monoisotopic (exact) mass is 257 g/mol. The summed E-state index contributed by atoms with van der Waals surface area (Å²) in [4.78, 5) is 14.1. The van der Waals surface area contributed by atoms with E-state index in [9.17, 15) is 4.79 Å². The highest BCUT2D eigenvalue weighted by Crippen LogP contribution is 2.13. The first-order valence-electron chi connectivity index (χ1n) is 6.88. The molecule has 2 unspecified atom stereocenters. The van der Waals surface area contributed by atoms with Crippen molar-refractivity contribution >= 4 is 5.91 Å². The highest BCUT2D eigenvalue weighted by Gasteiger charge is 2.33. The Bertz CT molecular complexity index is 246. The van der Waals surface area contributed by atoms with E-state index >= 15 is 0 Å². The lowest BCUT2D eigenvalue weighted by molar-refractivity contribution is -0.125. The normalized spacial score (nSPS) is 23.6. The molecule has 1 aliphatic heterocycles. The molecule has 1 rings (SSSR count).